The molecule has 2 aliphatic rings. The van der Waals surface area contributed by atoms with Gasteiger partial charge in [-0.2, -0.15) is 0 Å². The van der Waals surface area contributed by atoms with E-state index >= 15 is 0 Å². The second-order valence-corrected chi connectivity index (χ2v) is 6.81. The second-order valence-electron chi connectivity index (χ2n) is 5.96. The Balaban J connectivity index is 1.45. The molecule has 1 aromatic carbocycles. The lowest BCUT2D eigenvalue weighted by Gasteiger charge is -2.35. The van der Waals surface area contributed by atoms with Gasteiger partial charge in [0.15, 0.2) is 0 Å². The summed E-state index contributed by atoms with van der Waals surface area (Å²) in [5.74, 6) is -0.194. The molecule has 0 spiro atoms. The highest BCUT2D eigenvalue weighted by Gasteiger charge is 2.22. The molecule has 2 heterocycles. The van der Waals surface area contributed by atoms with Gasteiger partial charge in [0, 0.05) is 45.9 Å². The molecule has 0 bridgehead atoms. The van der Waals surface area contributed by atoms with Gasteiger partial charge in [-0.3, -0.25) is 9.80 Å². The van der Waals surface area contributed by atoms with Crippen molar-refractivity contribution < 1.29 is 9.13 Å². The van der Waals surface area contributed by atoms with Gasteiger partial charge in [-0.25, -0.2) is 4.39 Å². The number of hydrogen-bond acceptors (Lipinski definition) is 3. The SMILES string of the molecule is Fc1ccc(CN2CCN(CC3CCCO3)CC2)cc1Br. The highest BCUT2D eigenvalue weighted by molar-refractivity contribution is 9.10. The molecule has 116 valence electrons. The third-order valence-corrected chi connectivity index (χ3v) is 4.95. The van der Waals surface area contributed by atoms with E-state index < -0.39 is 0 Å². The maximum atomic E-state index is 13.2. The van der Waals surface area contributed by atoms with Crippen LogP contribution in [0, 0.1) is 5.82 Å². The average Bonchev–Trinajstić information content (AvgIpc) is 2.98. The van der Waals surface area contributed by atoms with E-state index in [1.165, 1.54) is 18.9 Å². The molecule has 2 aliphatic heterocycles. The summed E-state index contributed by atoms with van der Waals surface area (Å²) in [6.45, 7) is 7.25. The van der Waals surface area contributed by atoms with Crippen molar-refractivity contribution in [3.63, 3.8) is 0 Å². The first-order valence-corrected chi connectivity index (χ1v) is 8.50. The lowest BCUT2D eigenvalue weighted by molar-refractivity contribution is 0.0489. The topological polar surface area (TPSA) is 15.7 Å². The summed E-state index contributed by atoms with van der Waals surface area (Å²) in [4.78, 5) is 4.94. The van der Waals surface area contributed by atoms with E-state index in [4.69, 9.17) is 4.74 Å². The van der Waals surface area contributed by atoms with Crippen molar-refractivity contribution in [3.8, 4) is 0 Å². The largest absolute Gasteiger partial charge is 0.377 e. The minimum atomic E-state index is -0.194. The number of ether oxygens (including phenoxy) is 1. The molecule has 0 aromatic heterocycles. The van der Waals surface area contributed by atoms with Crippen molar-refractivity contribution in [2.75, 3.05) is 39.3 Å². The highest BCUT2D eigenvalue weighted by Crippen LogP contribution is 2.19. The number of halogens is 2. The Kier molecular flexibility index (Phi) is 5.27. The van der Waals surface area contributed by atoms with Crippen LogP contribution in [-0.2, 0) is 11.3 Å². The minimum Gasteiger partial charge on any atom is -0.377 e. The zero-order valence-corrected chi connectivity index (χ0v) is 13.8. The smallest absolute Gasteiger partial charge is 0.137 e. The Morgan fingerprint density at radius 1 is 1.19 bits per heavy atom. The Hall–Kier alpha value is -0.490. The van der Waals surface area contributed by atoms with Crippen LogP contribution in [0.15, 0.2) is 22.7 Å². The molecule has 3 rings (SSSR count). The molecule has 0 amide bonds. The molecule has 0 radical (unpaired) electrons. The van der Waals surface area contributed by atoms with Gasteiger partial charge in [-0.1, -0.05) is 6.07 Å². The van der Waals surface area contributed by atoms with Gasteiger partial charge in [0.05, 0.1) is 10.6 Å². The Labute approximate surface area is 134 Å². The number of nitrogens with zero attached hydrogens (tertiary/aromatic N) is 2. The van der Waals surface area contributed by atoms with E-state index in [1.54, 1.807) is 0 Å². The first kappa shape index (κ1) is 15.4. The maximum Gasteiger partial charge on any atom is 0.137 e. The zero-order valence-electron chi connectivity index (χ0n) is 12.2. The fourth-order valence-electron chi connectivity index (χ4n) is 3.10. The summed E-state index contributed by atoms with van der Waals surface area (Å²) < 4.78 is 19.5. The quantitative estimate of drug-likeness (QED) is 0.824. The van der Waals surface area contributed by atoms with Crippen molar-refractivity contribution in [2.45, 2.75) is 25.5 Å². The van der Waals surface area contributed by atoms with Crippen LogP contribution in [0.25, 0.3) is 0 Å². The molecular formula is C16H22BrFN2O. The molecule has 5 heteroatoms. The molecule has 2 fully saturated rings. The van der Waals surface area contributed by atoms with Gasteiger partial charge in [0.25, 0.3) is 0 Å². The third kappa shape index (κ3) is 4.25. The Bertz CT molecular complexity index is 471. The lowest BCUT2D eigenvalue weighted by atomic mass is 10.2. The van der Waals surface area contributed by atoms with Gasteiger partial charge in [-0.15, -0.1) is 0 Å². The summed E-state index contributed by atoms with van der Waals surface area (Å²) in [7, 11) is 0. The second kappa shape index (κ2) is 7.18. The molecule has 1 aromatic rings. The van der Waals surface area contributed by atoms with Crippen LogP contribution in [0.2, 0.25) is 0 Å². The van der Waals surface area contributed by atoms with Crippen LogP contribution in [-0.4, -0.2) is 55.2 Å². The number of piperazine rings is 1. The lowest BCUT2D eigenvalue weighted by Crippen LogP contribution is -2.48. The maximum absolute atomic E-state index is 13.2. The van der Waals surface area contributed by atoms with Crippen LogP contribution in [0.1, 0.15) is 18.4 Å². The van der Waals surface area contributed by atoms with Crippen LogP contribution in [0.4, 0.5) is 4.39 Å². The van der Waals surface area contributed by atoms with Crippen LogP contribution >= 0.6 is 15.9 Å². The number of hydrogen-bond donors (Lipinski definition) is 0. The normalized spacial score (nSPS) is 24.6. The summed E-state index contributed by atoms with van der Waals surface area (Å²) in [5.41, 5.74) is 1.16. The van der Waals surface area contributed by atoms with E-state index in [2.05, 4.69) is 25.7 Å². The van der Waals surface area contributed by atoms with Crippen LogP contribution < -0.4 is 0 Å². The van der Waals surface area contributed by atoms with Crippen molar-refractivity contribution in [2.24, 2.45) is 0 Å². The van der Waals surface area contributed by atoms with Gasteiger partial charge in [-0.05, 0) is 46.5 Å². The molecule has 0 saturated carbocycles. The standard InChI is InChI=1S/C16H22BrFN2O/c17-15-10-13(3-4-16(15)18)11-19-5-7-20(8-6-19)12-14-2-1-9-21-14/h3-4,10,14H,1-2,5-9,11-12H2. The van der Waals surface area contributed by atoms with E-state index in [0.29, 0.717) is 10.6 Å². The van der Waals surface area contributed by atoms with Crippen LogP contribution in [0.3, 0.4) is 0 Å². The summed E-state index contributed by atoms with van der Waals surface area (Å²) in [6.07, 6.45) is 2.87. The van der Waals surface area contributed by atoms with Gasteiger partial charge in [0.2, 0.25) is 0 Å². The van der Waals surface area contributed by atoms with Gasteiger partial charge in [0.1, 0.15) is 5.82 Å². The molecule has 0 N–H and O–H groups in total. The fraction of sp³-hybridized carbons (Fsp3) is 0.625. The molecule has 3 nitrogen and oxygen atoms in total. The van der Waals surface area contributed by atoms with E-state index in [1.807, 2.05) is 12.1 Å². The predicted molar refractivity (Wildman–Crippen MR) is 84.8 cm³/mol. The van der Waals surface area contributed by atoms with E-state index in [-0.39, 0.29) is 5.82 Å². The average molecular weight is 357 g/mol. The third-order valence-electron chi connectivity index (χ3n) is 4.34. The van der Waals surface area contributed by atoms with Crippen LogP contribution in [0.5, 0.6) is 0 Å². The van der Waals surface area contributed by atoms with Gasteiger partial charge < -0.3 is 4.74 Å². The van der Waals surface area contributed by atoms with Crippen molar-refractivity contribution >= 4 is 15.9 Å². The monoisotopic (exact) mass is 356 g/mol. The first-order valence-electron chi connectivity index (χ1n) is 7.71. The summed E-state index contributed by atoms with van der Waals surface area (Å²) in [5, 5.41) is 0. The van der Waals surface area contributed by atoms with Crippen molar-refractivity contribution in [1.29, 1.82) is 0 Å². The molecule has 1 atom stereocenters. The first-order chi connectivity index (χ1) is 10.2. The Morgan fingerprint density at radius 3 is 2.62 bits per heavy atom. The van der Waals surface area contributed by atoms with Gasteiger partial charge >= 0.3 is 0 Å². The van der Waals surface area contributed by atoms with E-state index in [9.17, 15) is 4.39 Å². The molecule has 21 heavy (non-hydrogen) atoms. The molecule has 0 aliphatic carbocycles. The molecular weight excluding hydrogens is 335 g/mol. The van der Waals surface area contributed by atoms with E-state index in [0.717, 1.165) is 51.4 Å². The molecule has 1 unspecified atom stereocenters. The number of rotatable bonds is 4. The fourth-order valence-corrected chi connectivity index (χ4v) is 3.53. The molecule has 2 saturated heterocycles. The summed E-state index contributed by atoms with van der Waals surface area (Å²) >= 11 is 3.25. The minimum absolute atomic E-state index is 0.194. The zero-order chi connectivity index (χ0) is 14.7. The Morgan fingerprint density at radius 2 is 1.95 bits per heavy atom. The van der Waals surface area contributed by atoms with Crippen molar-refractivity contribution in [3.05, 3.63) is 34.1 Å². The highest BCUT2D eigenvalue weighted by atomic mass is 79.9. The number of benzene rings is 1. The van der Waals surface area contributed by atoms with Crippen molar-refractivity contribution in [1.82, 2.24) is 9.80 Å². The summed E-state index contributed by atoms with van der Waals surface area (Å²) in [6, 6.07) is 5.29. The predicted octanol–water partition coefficient (Wildman–Crippen LogP) is 2.88.